The summed E-state index contributed by atoms with van der Waals surface area (Å²) in [6.45, 7) is 6.46. The molecule has 0 N–H and O–H groups in total. The highest BCUT2D eigenvalue weighted by Gasteiger charge is 2.25. The van der Waals surface area contributed by atoms with Gasteiger partial charge in [0, 0.05) is 7.11 Å². The molecule has 0 aliphatic heterocycles. The third kappa shape index (κ3) is 2.71. The highest BCUT2D eigenvalue weighted by Crippen LogP contribution is 2.29. The van der Waals surface area contributed by atoms with Crippen molar-refractivity contribution in [2.24, 2.45) is 0 Å². The van der Waals surface area contributed by atoms with Crippen molar-refractivity contribution in [1.82, 2.24) is 19.5 Å². The minimum Gasteiger partial charge on any atom is -0.479 e. The lowest BCUT2D eigenvalue weighted by atomic mass is 10.1. The van der Waals surface area contributed by atoms with Crippen LogP contribution in [0.3, 0.4) is 0 Å². The molecule has 6 nitrogen and oxygen atoms in total. The summed E-state index contributed by atoms with van der Waals surface area (Å²) in [7, 11) is 3.24. The van der Waals surface area contributed by atoms with E-state index in [1.807, 2.05) is 25.3 Å². The average Bonchev–Trinajstić information content (AvgIpc) is 2.77. The van der Waals surface area contributed by atoms with E-state index < -0.39 is 0 Å². The van der Waals surface area contributed by atoms with Crippen LogP contribution in [-0.4, -0.2) is 39.3 Å². The molecule has 0 aliphatic rings. The zero-order valence-corrected chi connectivity index (χ0v) is 13.1. The first kappa shape index (κ1) is 15.0. The first-order valence-electron chi connectivity index (χ1n) is 6.34. The highest BCUT2D eigenvalue weighted by atomic mass is 35.5. The minimum atomic E-state index is -0.355. The molecule has 0 saturated heterocycles. The van der Waals surface area contributed by atoms with Crippen LogP contribution >= 0.6 is 11.6 Å². The molecule has 0 radical (unpaired) electrons. The molecule has 0 spiro atoms. The van der Waals surface area contributed by atoms with Gasteiger partial charge in [0.05, 0.1) is 24.6 Å². The summed E-state index contributed by atoms with van der Waals surface area (Å²) in [5.74, 6) is 1.17. The first-order valence-corrected chi connectivity index (χ1v) is 6.77. The van der Waals surface area contributed by atoms with E-state index in [2.05, 4.69) is 15.0 Å². The highest BCUT2D eigenvalue weighted by molar-refractivity contribution is 6.20. The molecule has 20 heavy (non-hydrogen) atoms. The van der Waals surface area contributed by atoms with Gasteiger partial charge < -0.3 is 14.0 Å². The second-order valence-corrected chi connectivity index (χ2v) is 5.85. The van der Waals surface area contributed by atoms with E-state index in [-0.39, 0.29) is 11.0 Å². The van der Waals surface area contributed by atoms with E-state index in [9.17, 15) is 0 Å². The second-order valence-electron chi connectivity index (χ2n) is 5.19. The predicted octanol–water partition coefficient (Wildman–Crippen LogP) is 2.56. The van der Waals surface area contributed by atoms with Gasteiger partial charge in [-0.2, -0.15) is 4.98 Å². The Hall–Kier alpha value is -1.40. The van der Waals surface area contributed by atoms with Crippen molar-refractivity contribution in [2.45, 2.75) is 38.3 Å². The van der Waals surface area contributed by atoms with Gasteiger partial charge in [-0.3, -0.25) is 0 Å². The summed E-state index contributed by atoms with van der Waals surface area (Å²) < 4.78 is 12.7. The van der Waals surface area contributed by atoms with Gasteiger partial charge >= 0.3 is 0 Å². The Morgan fingerprint density at radius 3 is 2.60 bits per heavy atom. The Morgan fingerprint density at radius 2 is 2.05 bits per heavy atom. The van der Waals surface area contributed by atoms with Gasteiger partial charge in [0.25, 0.3) is 0 Å². The normalized spacial score (nSPS) is 13.7. The third-order valence-electron chi connectivity index (χ3n) is 3.17. The van der Waals surface area contributed by atoms with Crippen molar-refractivity contribution in [3.8, 4) is 5.88 Å². The van der Waals surface area contributed by atoms with Gasteiger partial charge in [-0.05, 0) is 20.8 Å². The smallest absolute Gasteiger partial charge is 0.245 e. The summed E-state index contributed by atoms with van der Waals surface area (Å²) in [6.07, 6.45) is 1.46. The molecule has 2 heterocycles. The summed E-state index contributed by atoms with van der Waals surface area (Å²) in [6, 6.07) is 0. The van der Waals surface area contributed by atoms with Crippen LogP contribution in [0.25, 0.3) is 11.2 Å². The molecule has 2 rings (SSSR count). The van der Waals surface area contributed by atoms with Gasteiger partial charge in [-0.1, -0.05) is 0 Å². The molecule has 0 aliphatic carbocycles. The Morgan fingerprint density at radius 1 is 1.35 bits per heavy atom. The summed E-state index contributed by atoms with van der Waals surface area (Å²) in [5.41, 5.74) is 0.959. The van der Waals surface area contributed by atoms with E-state index in [0.29, 0.717) is 23.6 Å². The van der Waals surface area contributed by atoms with E-state index in [4.69, 9.17) is 21.1 Å². The Bertz CT molecular complexity index is 610. The Kier molecular flexibility index (Phi) is 4.15. The Balaban J connectivity index is 2.64. The number of alkyl halides is 1. The molecule has 2 aromatic rings. The molecular weight excluding hydrogens is 280 g/mol. The molecule has 1 atom stereocenters. The van der Waals surface area contributed by atoms with Crippen LogP contribution in [0.2, 0.25) is 0 Å². The number of nitrogens with zero attached hydrogens (tertiary/aromatic N) is 4. The lowest BCUT2D eigenvalue weighted by molar-refractivity contribution is 0.00830. The quantitative estimate of drug-likeness (QED) is 0.794. The van der Waals surface area contributed by atoms with Crippen LogP contribution in [0.1, 0.15) is 32.0 Å². The van der Waals surface area contributed by atoms with Gasteiger partial charge in [0.15, 0.2) is 11.2 Å². The number of halogens is 1. The molecule has 0 bridgehead atoms. The van der Waals surface area contributed by atoms with Gasteiger partial charge in [-0.25, -0.2) is 9.97 Å². The van der Waals surface area contributed by atoms with Crippen LogP contribution in [0, 0.1) is 0 Å². The third-order valence-corrected chi connectivity index (χ3v) is 3.36. The summed E-state index contributed by atoms with van der Waals surface area (Å²) >= 11 is 6.23. The number of hydrogen-bond donors (Lipinski definition) is 0. The molecule has 110 valence electrons. The van der Waals surface area contributed by atoms with Crippen molar-refractivity contribution in [3.63, 3.8) is 0 Å². The fourth-order valence-corrected chi connectivity index (χ4v) is 2.15. The van der Waals surface area contributed by atoms with Gasteiger partial charge in [-0.15, -0.1) is 11.6 Å². The maximum atomic E-state index is 6.23. The number of ether oxygens (including phenoxy) is 2. The number of hydrogen-bond acceptors (Lipinski definition) is 5. The Labute approximate surface area is 123 Å². The molecule has 2 aromatic heterocycles. The summed E-state index contributed by atoms with van der Waals surface area (Å²) in [4.78, 5) is 12.9. The zero-order valence-electron chi connectivity index (χ0n) is 12.3. The second kappa shape index (κ2) is 5.54. The molecule has 7 heteroatoms. The van der Waals surface area contributed by atoms with Crippen molar-refractivity contribution >= 4 is 22.8 Å². The van der Waals surface area contributed by atoms with E-state index in [1.54, 1.807) is 14.2 Å². The average molecular weight is 299 g/mol. The maximum absolute atomic E-state index is 6.23. The standard InChI is InChI=1S/C13H19ClN4O2/c1-8(14)10-17-9-11(15-7-16-12(9)19-4)18(10)6-13(2,3)20-5/h7-8H,6H2,1-5H3. The lowest BCUT2D eigenvalue weighted by Crippen LogP contribution is -2.30. The largest absolute Gasteiger partial charge is 0.479 e. The lowest BCUT2D eigenvalue weighted by Gasteiger charge is -2.24. The van der Waals surface area contributed by atoms with E-state index in [1.165, 1.54) is 6.33 Å². The molecule has 0 saturated carbocycles. The first-order chi connectivity index (χ1) is 9.39. The molecule has 0 aromatic carbocycles. The topological polar surface area (TPSA) is 62.1 Å². The van der Waals surface area contributed by atoms with Crippen LogP contribution < -0.4 is 4.74 Å². The minimum absolute atomic E-state index is 0.249. The molecular formula is C13H19ClN4O2. The fraction of sp³-hybridized carbons (Fsp3) is 0.615. The van der Waals surface area contributed by atoms with Crippen LogP contribution in [0.15, 0.2) is 6.33 Å². The fourth-order valence-electron chi connectivity index (χ4n) is 1.99. The zero-order chi connectivity index (χ0) is 14.9. The molecule has 0 fully saturated rings. The van der Waals surface area contributed by atoms with Crippen molar-refractivity contribution in [3.05, 3.63) is 12.2 Å². The van der Waals surface area contributed by atoms with Crippen LogP contribution in [-0.2, 0) is 11.3 Å². The van der Waals surface area contributed by atoms with Crippen LogP contribution in [0.4, 0.5) is 0 Å². The van der Waals surface area contributed by atoms with E-state index >= 15 is 0 Å². The van der Waals surface area contributed by atoms with Crippen LogP contribution in [0.5, 0.6) is 5.88 Å². The van der Waals surface area contributed by atoms with Gasteiger partial charge in [0.1, 0.15) is 12.2 Å². The SMILES string of the molecule is COc1ncnc2c1nc(C(C)Cl)n2CC(C)(C)OC. The van der Waals surface area contributed by atoms with Crippen molar-refractivity contribution < 1.29 is 9.47 Å². The number of fused-ring (bicyclic) bond motifs is 1. The number of aromatic nitrogens is 4. The van der Waals surface area contributed by atoms with Crippen molar-refractivity contribution in [2.75, 3.05) is 14.2 Å². The van der Waals surface area contributed by atoms with Gasteiger partial charge in [0.2, 0.25) is 5.88 Å². The van der Waals surface area contributed by atoms with Crippen molar-refractivity contribution in [1.29, 1.82) is 0 Å². The molecule has 0 amide bonds. The monoisotopic (exact) mass is 298 g/mol. The summed E-state index contributed by atoms with van der Waals surface area (Å²) in [5, 5.41) is -0.249. The predicted molar refractivity (Wildman–Crippen MR) is 77.2 cm³/mol. The maximum Gasteiger partial charge on any atom is 0.245 e. The number of imidazole rings is 1. The number of rotatable bonds is 5. The number of methoxy groups -OCH3 is 2. The molecule has 1 unspecified atom stereocenters. The van der Waals surface area contributed by atoms with E-state index in [0.717, 1.165) is 5.82 Å².